The van der Waals surface area contributed by atoms with Gasteiger partial charge in [0.2, 0.25) is 5.91 Å². The first-order valence-electron chi connectivity index (χ1n) is 4.49. The van der Waals surface area contributed by atoms with Gasteiger partial charge in [-0.25, -0.2) is 0 Å². The molecule has 0 bridgehead atoms. The van der Waals surface area contributed by atoms with Crippen LogP contribution < -0.4 is 5.32 Å². The van der Waals surface area contributed by atoms with Crippen molar-refractivity contribution in [1.29, 1.82) is 0 Å². The first-order valence-corrected chi connectivity index (χ1v) is 4.49. The van der Waals surface area contributed by atoms with Gasteiger partial charge in [-0.1, -0.05) is 13.8 Å². The van der Waals surface area contributed by atoms with Crippen LogP contribution in [0.25, 0.3) is 0 Å². The quantitative estimate of drug-likeness (QED) is 0.578. The Morgan fingerprint density at radius 3 is 1.92 bits per heavy atom. The van der Waals surface area contributed by atoms with Gasteiger partial charge in [0.15, 0.2) is 0 Å². The highest BCUT2D eigenvalue weighted by Crippen LogP contribution is 2.09. The van der Waals surface area contributed by atoms with E-state index < -0.39 is 18.2 Å². The van der Waals surface area contributed by atoms with E-state index in [9.17, 15) is 15.0 Å². The lowest BCUT2D eigenvalue weighted by molar-refractivity contribution is -0.122. The summed E-state index contributed by atoms with van der Waals surface area (Å²) in [4.78, 5) is 10.8. The number of rotatable bonds is 4. The summed E-state index contributed by atoms with van der Waals surface area (Å²) in [6.45, 7) is 6.58. The van der Waals surface area contributed by atoms with Gasteiger partial charge < -0.3 is 15.5 Å². The normalized spacial score (nSPS) is 18.1. The SMILES string of the molecule is CC(=O)NC(C(C)O)C(O)C(C)C. The van der Waals surface area contributed by atoms with Gasteiger partial charge in [-0.05, 0) is 12.8 Å². The Labute approximate surface area is 79.0 Å². The number of hydrogen-bond acceptors (Lipinski definition) is 3. The van der Waals surface area contributed by atoms with Gasteiger partial charge in [0.05, 0.1) is 18.2 Å². The molecule has 0 saturated heterocycles. The van der Waals surface area contributed by atoms with Crippen molar-refractivity contribution in [3.05, 3.63) is 0 Å². The lowest BCUT2D eigenvalue weighted by atomic mass is 9.96. The number of amides is 1. The van der Waals surface area contributed by atoms with Crippen LogP contribution in [0.15, 0.2) is 0 Å². The van der Waals surface area contributed by atoms with Gasteiger partial charge in [-0.15, -0.1) is 0 Å². The Balaban J connectivity index is 4.32. The molecule has 3 N–H and O–H groups in total. The predicted octanol–water partition coefficient (Wildman–Crippen LogP) is -0.111. The molecule has 3 atom stereocenters. The molecule has 1 amide bonds. The number of aliphatic hydroxyl groups is 2. The van der Waals surface area contributed by atoms with E-state index in [1.807, 2.05) is 13.8 Å². The molecule has 4 nitrogen and oxygen atoms in total. The van der Waals surface area contributed by atoms with E-state index in [4.69, 9.17) is 0 Å². The highest BCUT2D eigenvalue weighted by molar-refractivity contribution is 5.73. The number of hydrogen-bond donors (Lipinski definition) is 3. The maximum Gasteiger partial charge on any atom is 0.217 e. The number of carbonyl (C=O) groups excluding carboxylic acids is 1. The minimum atomic E-state index is -0.749. The standard InChI is InChI=1S/C9H19NO3/c1-5(2)9(13)8(6(3)11)10-7(4)12/h5-6,8-9,11,13H,1-4H3,(H,10,12). The van der Waals surface area contributed by atoms with Crippen LogP contribution in [0.4, 0.5) is 0 Å². The van der Waals surface area contributed by atoms with E-state index >= 15 is 0 Å². The van der Waals surface area contributed by atoms with Crippen molar-refractivity contribution in [2.45, 2.75) is 45.9 Å². The summed E-state index contributed by atoms with van der Waals surface area (Å²) < 4.78 is 0. The van der Waals surface area contributed by atoms with Crippen molar-refractivity contribution in [3.63, 3.8) is 0 Å². The smallest absolute Gasteiger partial charge is 0.217 e. The molecule has 4 heteroatoms. The summed E-state index contributed by atoms with van der Waals surface area (Å²) in [5.74, 6) is -0.239. The molecule has 78 valence electrons. The van der Waals surface area contributed by atoms with E-state index in [1.165, 1.54) is 6.92 Å². The second-order valence-electron chi connectivity index (χ2n) is 3.70. The molecule has 0 saturated carbocycles. The van der Waals surface area contributed by atoms with Crippen molar-refractivity contribution in [3.8, 4) is 0 Å². The number of aliphatic hydroxyl groups excluding tert-OH is 2. The maximum absolute atomic E-state index is 10.8. The second kappa shape index (κ2) is 5.19. The Kier molecular flexibility index (Phi) is 4.95. The zero-order valence-electron chi connectivity index (χ0n) is 8.61. The molecule has 3 unspecified atom stereocenters. The fourth-order valence-electron chi connectivity index (χ4n) is 1.14. The van der Waals surface area contributed by atoms with Crippen LogP contribution in [0.2, 0.25) is 0 Å². The third-order valence-electron chi connectivity index (χ3n) is 1.94. The van der Waals surface area contributed by atoms with Crippen LogP contribution in [0, 0.1) is 5.92 Å². The van der Waals surface area contributed by atoms with E-state index in [0.29, 0.717) is 0 Å². The van der Waals surface area contributed by atoms with Gasteiger partial charge in [0, 0.05) is 6.92 Å². The molecule has 0 aromatic carbocycles. The van der Waals surface area contributed by atoms with Crippen LogP contribution in [0.3, 0.4) is 0 Å². The fraction of sp³-hybridized carbons (Fsp3) is 0.889. The van der Waals surface area contributed by atoms with Crippen LogP contribution in [0.5, 0.6) is 0 Å². The third-order valence-corrected chi connectivity index (χ3v) is 1.94. The summed E-state index contributed by atoms with van der Waals surface area (Å²) in [6.07, 6.45) is -1.47. The van der Waals surface area contributed by atoms with E-state index in [-0.39, 0.29) is 11.8 Å². The van der Waals surface area contributed by atoms with Gasteiger partial charge in [0.25, 0.3) is 0 Å². The maximum atomic E-state index is 10.8. The summed E-state index contributed by atoms with van der Waals surface area (Å²) in [5.41, 5.74) is 0. The summed E-state index contributed by atoms with van der Waals surface area (Å²) in [5, 5.41) is 21.5. The lowest BCUT2D eigenvalue weighted by Crippen LogP contribution is -2.51. The predicted molar refractivity (Wildman–Crippen MR) is 50.1 cm³/mol. The van der Waals surface area contributed by atoms with Crippen LogP contribution in [-0.2, 0) is 4.79 Å². The molecule has 13 heavy (non-hydrogen) atoms. The second-order valence-corrected chi connectivity index (χ2v) is 3.70. The molecule has 0 fully saturated rings. The summed E-state index contributed by atoms with van der Waals surface area (Å²) >= 11 is 0. The van der Waals surface area contributed by atoms with Gasteiger partial charge in [-0.2, -0.15) is 0 Å². The average molecular weight is 189 g/mol. The Morgan fingerprint density at radius 1 is 1.23 bits per heavy atom. The van der Waals surface area contributed by atoms with Crippen molar-refractivity contribution in [2.75, 3.05) is 0 Å². The molecule has 0 radical (unpaired) electrons. The fourth-order valence-corrected chi connectivity index (χ4v) is 1.14. The van der Waals surface area contributed by atoms with Crippen molar-refractivity contribution < 1.29 is 15.0 Å². The Bertz CT molecular complexity index is 168. The molecule has 0 aromatic heterocycles. The molecule has 0 spiro atoms. The molecule has 0 aliphatic carbocycles. The van der Waals surface area contributed by atoms with E-state index in [0.717, 1.165) is 0 Å². The topological polar surface area (TPSA) is 69.6 Å². The van der Waals surface area contributed by atoms with Crippen molar-refractivity contribution in [1.82, 2.24) is 5.32 Å². The largest absolute Gasteiger partial charge is 0.391 e. The molecule has 0 aliphatic rings. The van der Waals surface area contributed by atoms with Crippen LogP contribution >= 0.6 is 0 Å². The van der Waals surface area contributed by atoms with Gasteiger partial charge in [-0.3, -0.25) is 4.79 Å². The molecular weight excluding hydrogens is 170 g/mol. The third kappa shape index (κ3) is 4.24. The first kappa shape index (κ1) is 12.4. The zero-order valence-corrected chi connectivity index (χ0v) is 8.61. The van der Waals surface area contributed by atoms with Crippen LogP contribution in [-0.4, -0.2) is 34.4 Å². The molecule has 0 heterocycles. The molecule has 0 rings (SSSR count). The monoisotopic (exact) mass is 189 g/mol. The van der Waals surface area contributed by atoms with Crippen molar-refractivity contribution in [2.24, 2.45) is 5.92 Å². The van der Waals surface area contributed by atoms with Crippen molar-refractivity contribution >= 4 is 5.91 Å². The lowest BCUT2D eigenvalue weighted by Gasteiger charge is -2.28. The Hall–Kier alpha value is -0.610. The minimum absolute atomic E-state index is 0.00597. The van der Waals surface area contributed by atoms with Gasteiger partial charge >= 0.3 is 0 Å². The first-order chi connectivity index (χ1) is 5.86. The zero-order chi connectivity index (χ0) is 10.6. The van der Waals surface area contributed by atoms with E-state index in [2.05, 4.69) is 5.32 Å². The van der Waals surface area contributed by atoms with E-state index in [1.54, 1.807) is 6.92 Å². The highest BCUT2D eigenvalue weighted by Gasteiger charge is 2.26. The summed E-state index contributed by atoms with van der Waals surface area (Å²) in [6, 6.07) is -0.586. The molecular formula is C9H19NO3. The highest BCUT2D eigenvalue weighted by atomic mass is 16.3. The number of nitrogens with one attached hydrogen (secondary N) is 1. The minimum Gasteiger partial charge on any atom is -0.391 e. The molecule has 0 aliphatic heterocycles. The number of carbonyl (C=O) groups is 1. The van der Waals surface area contributed by atoms with Crippen LogP contribution in [0.1, 0.15) is 27.7 Å². The molecule has 0 aromatic rings. The summed E-state index contributed by atoms with van der Waals surface area (Å²) in [7, 11) is 0. The average Bonchev–Trinajstić information content (AvgIpc) is 1.97. The Morgan fingerprint density at radius 2 is 1.69 bits per heavy atom. The van der Waals surface area contributed by atoms with Gasteiger partial charge in [0.1, 0.15) is 0 Å².